The molecule has 4 aliphatic rings. The Kier molecular flexibility index (Phi) is 14.4. The molecule has 3 aromatic carbocycles. The van der Waals surface area contributed by atoms with Crippen LogP contribution in [0.25, 0.3) is 11.1 Å². The minimum atomic E-state index is -0.914. The van der Waals surface area contributed by atoms with E-state index in [1.807, 2.05) is 112 Å². The van der Waals surface area contributed by atoms with Crippen LogP contribution in [0.1, 0.15) is 62.0 Å². The van der Waals surface area contributed by atoms with Crippen LogP contribution in [0.3, 0.4) is 0 Å². The Bertz CT molecular complexity index is 2010. The van der Waals surface area contributed by atoms with Gasteiger partial charge in [-0.25, -0.2) is 0 Å². The van der Waals surface area contributed by atoms with Crippen molar-refractivity contribution in [2.45, 2.75) is 83.8 Å². The number of hydrogen-bond acceptors (Lipinski definition) is 9. The van der Waals surface area contributed by atoms with Crippen molar-refractivity contribution in [1.29, 1.82) is 0 Å². The summed E-state index contributed by atoms with van der Waals surface area (Å²) in [4.78, 5) is 45.8. The van der Waals surface area contributed by atoms with E-state index in [0.717, 1.165) is 40.3 Å². The fraction of sp³-hybridized carbons (Fsp3) is 0.562. The van der Waals surface area contributed by atoms with Crippen molar-refractivity contribution >= 4 is 23.5 Å². The largest absolute Gasteiger partial charge is 0.496 e. The van der Waals surface area contributed by atoms with Gasteiger partial charge in [0.1, 0.15) is 17.9 Å². The summed E-state index contributed by atoms with van der Waals surface area (Å²) < 4.78 is 6.14. The molecule has 13 nitrogen and oxygen atoms in total. The predicted octanol–water partition coefficient (Wildman–Crippen LogP) is 4.91. The maximum atomic E-state index is 14.4. The average Bonchev–Trinajstić information content (AvgIpc) is 3.59. The van der Waals surface area contributed by atoms with Crippen molar-refractivity contribution in [2.24, 2.45) is 34.1 Å². The summed E-state index contributed by atoms with van der Waals surface area (Å²) in [6.45, 7) is 8.74. The van der Waals surface area contributed by atoms with Gasteiger partial charge in [-0.1, -0.05) is 69.3 Å². The van der Waals surface area contributed by atoms with Gasteiger partial charge < -0.3 is 40.3 Å². The standard InChI is InChI=1S/C48H69N7O6/c1-29-39-24-35(48(39,3)4)25-40(29)51-46(59)43-42(30(2)57)41(28-56)61-55(43)27-32-18-15-19-38(44(32)60-11)33-21-34(23-37(22-33)52(5)6)45(58)50-36(20-31-16-13-12-14-17-31)26-49-47(53(7)8)54(9)10/h12-19,21-23,29-30,35-36,39-43,56-57H,20,24-28H2,1-11H3,(H,50,58)(H,51,59)/t29-,30-,35+,36+,39-,40-,41-,42+,43-/m0/s1. The molecule has 13 heteroatoms. The summed E-state index contributed by atoms with van der Waals surface area (Å²) in [6.07, 6.45) is 1.03. The third kappa shape index (κ3) is 9.85. The summed E-state index contributed by atoms with van der Waals surface area (Å²) in [7, 11) is 13.3. The highest BCUT2D eigenvalue weighted by molar-refractivity contribution is 5.97. The van der Waals surface area contributed by atoms with Crippen molar-refractivity contribution in [3.8, 4) is 16.9 Å². The second kappa shape index (κ2) is 19.1. The third-order valence-corrected chi connectivity index (χ3v) is 13.6. The van der Waals surface area contributed by atoms with Crippen molar-refractivity contribution in [1.82, 2.24) is 25.5 Å². The smallest absolute Gasteiger partial charge is 0.251 e. The number of hydrogen-bond donors (Lipinski definition) is 4. The number of aliphatic hydroxyl groups is 2. The van der Waals surface area contributed by atoms with E-state index >= 15 is 0 Å². The Morgan fingerprint density at radius 2 is 1.70 bits per heavy atom. The number of anilines is 1. The zero-order valence-corrected chi connectivity index (χ0v) is 38.1. The van der Waals surface area contributed by atoms with Crippen LogP contribution >= 0.6 is 0 Å². The molecular formula is C48H69N7O6. The molecule has 4 fully saturated rings. The first-order chi connectivity index (χ1) is 28.9. The van der Waals surface area contributed by atoms with Gasteiger partial charge in [-0.05, 0) is 78.7 Å². The Morgan fingerprint density at radius 3 is 2.30 bits per heavy atom. The lowest BCUT2D eigenvalue weighted by atomic mass is 9.45. The second-order valence-corrected chi connectivity index (χ2v) is 18.7. The van der Waals surface area contributed by atoms with E-state index < -0.39 is 24.2 Å². The first kappa shape index (κ1) is 45.8. The molecule has 9 atom stereocenters. The van der Waals surface area contributed by atoms with Gasteiger partial charge >= 0.3 is 0 Å². The molecule has 3 saturated carbocycles. The summed E-state index contributed by atoms with van der Waals surface area (Å²) in [6, 6.07) is 20.6. The van der Waals surface area contributed by atoms with Gasteiger partial charge in [0, 0.05) is 76.6 Å². The molecule has 7 rings (SSSR count). The van der Waals surface area contributed by atoms with Crippen LogP contribution in [0.15, 0.2) is 71.7 Å². The van der Waals surface area contributed by atoms with Gasteiger partial charge in [0.2, 0.25) is 5.91 Å². The molecule has 2 bridgehead atoms. The van der Waals surface area contributed by atoms with Crippen molar-refractivity contribution in [3.05, 3.63) is 83.4 Å². The summed E-state index contributed by atoms with van der Waals surface area (Å²) in [5, 5.41) is 29.7. The molecule has 0 spiro atoms. The molecule has 2 amide bonds. The Balaban J connectivity index is 1.29. The maximum absolute atomic E-state index is 14.4. The normalized spacial score (nSPS) is 25.1. The zero-order chi connectivity index (χ0) is 44.3. The molecule has 3 aromatic rings. The van der Waals surface area contributed by atoms with Crippen LogP contribution < -0.4 is 20.3 Å². The number of carbonyl (C=O) groups is 2. The molecule has 3 aliphatic carbocycles. The van der Waals surface area contributed by atoms with Gasteiger partial charge in [0.05, 0.1) is 39.0 Å². The lowest BCUT2D eigenvalue weighted by Crippen LogP contribution is -2.62. The molecule has 0 unspecified atom stereocenters. The number of aliphatic hydroxyl groups excluding tert-OH is 2. The predicted molar refractivity (Wildman–Crippen MR) is 241 cm³/mol. The molecular weight excluding hydrogens is 771 g/mol. The van der Waals surface area contributed by atoms with E-state index in [2.05, 4.69) is 43.5 Å². The number of fused-ring (bicyclic) bond motifs is 2. The number of carbonyl (C=O) groups excluding carboxylic acids is 2. The SMILES string of the molecule is COc1c(CN2O[C@@H](CO)[C@@H]([C@H](C)O)[C@H]2C(=O)N[C@H]2C[C@H]3C[C@@H]([C@@H]2C)C3(C)C)cccc1-c1cc(C(=O)N[C@@H](CN=C(N(C)C)N(C)C)Cc2ccccc2)cc(N(C)C)c1. The van der Waals surface area contributed by atoms with Gasteiger partial charge in [-0.2, -0.15) is 5.06 Å². The average molecular weight is 840 g/mol. The first-order valence-corrected chi connectivity index (χ1v) is 21.7. The Hall–Kier alpha value is -4.69. The number of nitrogens with zero attached hydrogens (tertiary/aromatic N) is 5. The first-order valence-electron chi connectivity index (χ1n) is 21.7. The number of methoxy groups -OCH3 is 1. The van der Waals surface area contributed by atoms with Crippen LogP contribution in [0, 0.1) is 29.1 Å². The van der Waals surface area contributed by atoms with Crippen molar-refractivity contribution in [3.63, 3.8) is 0 Å². The number of para-hydroxylation sites is 1. The van der Waals surface area contributed by atoms with Crippen molar-refractivity contribution < 1.29 is 29.4 Å². The Morgan fingerprint density at radius 1 is 1.00 bits per heavy atom. The molecule has 4 N–H and O–H groups in total. The van der Waals surface area contributed by atoms with Crippen LogP contribution in [0.2, 0.25) is 0 Å². The maximum Gasteiger partial charge on any atom is 0.251 e. The number of hydroxylamine groups is 2. The number of nitrogens with one attached hydrogen (secondary N) is 2. The van der Waals surface area contributed by atoms with Crippen LogP contribution in [-0.4, -0.2) is 136 Å². The van der Waals surface area contributed by atoms with E-state index in [1.165, 1.54) is 6.42 Å². The number of rotatable bonds is 15. The van der Waals surface area contributed by atoms with E-state index in [4.69, 9.17) is 14.6 Å². The molecule has 1 aliphatic heterocycles. The highest BCUT2D eigenvalue weighted by Crippen LogP contribution is 2.61. The number of guanidine groups is 1. The lowest BCUT2D eigenvalue weighted by molar-refractivity contribution is -0.183. The molecule has 1 saturated heterocycles. The van der Waals surface area contributed by atoms with Crippen molar-refractivity contribution in [2.75, 3.05) is 67.4 Å². The van der Waals surface area contributed by atoms with E-state index in [0.29, 0.717) is 42.0 Å². The van der Waals surface area contributed by atoms with Crippen LogP contribution in [0.4, 0.5) is 5.69 Å². The monoisotopic (exact) mass is 840 g/mol. The summed E-state index contributed by atoms with van der Waals surface area (Å²) >= 11 is 0. The molecule has 0 aromatic heterocycles. The molecule has 332 valence electrons. The third-order valence-electron chi connectivity index (χ3n) is 13.6. The zero-order valence-electron chi connectivity index (χ0n) is 38.1. The number of ether oxygens (including phenoxy) is 1. The molecule has 61 heavy (non-hydrogen) atoms. The van der Waals surface area contributed by atoms with Crippen LogP contribution in [0.5, 0.6) is 5.75 Å². The van der Waals surface area contributed by atoms with E-state index in [9.17, 15) is 19.8 Å². The number of benzene rings is 3. The second-order valence-electron chi connectivity index (χ2n) is 18.7. The van der Waals surface area contributed by atoms with Gasteiger partial charge in [0.15, 0.2) is 5.96 Å². The quantitative estimate of drug-likeness (QED) is 0.123. The Labute approximate surface area is 363 Å². The fourth-order valence-corrected chi connectivity index (χ4v) is 10.2. The summed E-state index contributed by atoms with van der Waals surface area (Å²) in [5.74, 6) is 1.70. The molecule has 1 heterocycles. The number of aliphatic imine (C=N–C) groups is 1. The summed E-state index contributed by atoms with van der Waals surface area (Å²) in [5.41, 5.74) is 4.96. The van der Waals surface area contributed by atoms with Gasteiger partial charge in [-0.15, -0.1) is 0 Å². The topological polar surface area (TPSA) is 142 Å². The highest BCUT2D eigenvalue weighted by atomic mass is 16.7. The highest BCUT2D eigenvalue weighted by Gasteiger charge is 2.57. The number of amides is 2. The van der Waals surface area contributed by atoms with Gasteiger partial charge in [-0.3, -0.25) is 19.4 Å². The fourth-order valence-electron chi connectivity index (χ4n) is 10.2. The lowest BCUT2D eigenvalue weighted by Gasteiger charge is -2.62. The minimum Gasteiger partial charge on any atom is -0.496 e. The van der Waals surface area contributed by atoms with E-state index in [1.54, 1.807) is 19.1 Å². The van der Waals surface area contributed by atoms with Gasteiger partial charge in [0.25, 0.3) is 5.91 Å². The molecule has 0 radical (unpaired) electrons. The minimum absolute atomic E-state index is 0.0251. The van der Waals surface area contributed by atoms with Crippen LogP contribution in [-0.2, 0) is 22.6 Å². The van der Waals surface area contributed by atoms with E-state index in [-0.39, 0.29) is 42.5 Å².